The summed E-state index contributed by atoms with van der Waals surface area (Å²) in [5, 5.41) is 8.90. The van der Waals surface area contributed by atoms with Crippen LogP contribution in [-0.2, 0) is 14.8 Å². The summed E-state index contributed by atoms with van der Waals surface area (Å²) in [7, 11) is -2.14. The molecule has 30 heavy (non-hydrogen) atoms. The maximum absolute atomic E-state index is 13.0. The van der Waals surface area contributed by atoms with Gasteiger partial charge in [-0.1, -0.05) is 0 Å². The van der Waals surface area contributed by atoms with Crippen molar-refractivity contribution in [3.63, 3.8) is 0 Å². The topological polar surface area (TPSA) is 99.9 Å². The van der Waals surface area contributed by atoms with E-state index in [1.165, 1.54) is 23.5 Å². The first-order valence-corrected chi connectivity index (χ1v) is 10.9. The van der Waals surface area contributed by atoms with Crippen molar-refractivity contribution in [2.75, 3.05) is 33.3 Å². The summed E-state index contributed by atoms with van der Waals surface area (Å²) in [5.41, 5.74) is 0.987. The molecule has 2 bridgehead atoms. The molecule has 4 rings (SSSR count). The molecule has 0 saturated carbocycles. The molecule has 2 aromatic rings. The van der Waals surface area contributed by atoms with Crippen LogP contribution in [0.2, 0.25) is 0 Å². The first kappa shape index (κ1) is 20.3. The number of ether oxygens (including phenoxy) is 2. The molecule has 0 spiro atoms. The Balaban J connectivity index is 1.47. The van der Waals surface area contributed by atoms with E-state index in [0.717, 1.165) is 0 Å². The molecule has 2 aromatic carbocycles. The second-order valence-corrected chi connectivity index (χ2v) is 9.21. The van der Waals surface area contributed by atoms with Gasteiger partial charge in [0.05, 0.1) is 35.8 Å². The molecule has 156 valence electrons. The lowest BCUT2D eigenvalue weighted by Crippen LogP contribution is -2.61. The number of nitrogens with zero attached hydrogens (tertiary/aromatic N) is 3. The van der Waals surface area contributed by atoms with Crippen molar-refractivity contribution in [2.24, 2.45) is 0 Å². The number of benzene rings is 2. The number of carbonyl (C=O) groups excluding carboxylic acids is 1. The van der Waals surface area contributed by atoms with Gasteiger partial charge in [-0.15, -0.1) is 0 Å². The number of hydrogen-bond donors (Lipinski definition) is 0. The number of hydrogen-bond acceptors (Lipinski definition) is 6. The zero-order chi connectivity index (χ0) is 21.3. The van der Waals surface area contributed by atoms with Gasteiger partial charge in [-0.3, -0.25) is 4.79 Å². The van der Waals surface area contributed by atoms with Gasteiger partial charge in [-0.25, -0.2) is 8.42 Å². The summed E-state index contributed by atoms with van der Waals surface area (Å²) in [5.74, 6) is 0.439. The Hall–Kier alpha value is -2.93. The molecule has 0 unspecified atom stereocenters. The van der Waals surface area contributed by atoms with Crippen LogP contribution in [-0.4, -0.2) is 69.0 Å². The molecule has 0 aromatic heterocycles. The number of nitriles is 1. The van der Waals surface area contributed by atoms with Gasteiger partial charge in [-0.05, 0) is 48.5 Å². The number of amides is 1. The first-order valence-electron chi connectivity index (χ1n) is 9.50. The van der Waals surface area contributed by atoms with Gasteiger partial charge >= 0.3 is 0 Å². The zero-order valence-electron chi connectivity index (χ0n) is 16.4. The molecule has 0 aliphatic carbocycles. The van der Waals surface area contributed by atoms with E-state index in [4.69, 9.17) is 14.7 Å². The number of methoxy groups -OCH3 is 1. The fraction of sp³-hybridized carbons (Fsp3) is 0.333. The third-order valence-corrected chi connectivity index (χ3v) is 7.14. The summed E-state index contributed by atoms with van der Waals surface area (Å²) in [6.07, 6.45) is -0.791. The largest absolute Gasteiger partial charge is 0.497 e. The van der Waals surface area contributed by atoms with Crippen molar-refractivity contribution < 1.29 is 22.7 Å². The van der Waals surface area contributed by atoms with E-state index in [2.05, 4.69) is 0 Å². The molecular formula is C21H21N3O5S. The Morgan fingerprint density at radius 3 is 2.17 bits per heavy atom. The Morgan fingerprint density at radius 2 is 1.63 bits per heavy atom. The number of rotatable bonds is 4. The third-order valence-electron chi connectivity index (χ3n) is 5.29. The molecule has 0 N–H and O–H groups in total. The van der Waals surface area contributed by atoms with E-state index >= 15 is 0 Å². The Labute approximate surface area is 175 Å². The lowest BCUT2D eigenvalue weighted by molar-refractivity contribution is -0.113. The minimum atomic E-state index is -3.66. The number of carbonyl (C=O) groups is 1. The molecule has 0 radical (unpaired) electrons. The van der Waals surface area contributed by atoms with Crippen molar-refractivity contribution in [2.45, 2.75) is 17.1 Å². The third kappa shape index (κ3) is 3.89. The van der Waals surface area contributed by atoms with Crippen LogP contribution in [0.15, 0.2) is 53.4 Å². The zero-order valence-corrected chi connectivity index (χ0v) is 17.2. The van der Waals surface area contributed by atoms with Crippen molar-refractivity contribution in [1.82, 2.24) is 9.21 Å². The van der Waals surface area contributed by atoms with Crippen molar-refractivity contribution in [1.29, 1.82) is 5.26 Å². The average Bonchev–Trinajstić information content (AvgIpc) is 2.78. The highest BCUT2D eigenvalue weighted by molar-refractivity contribution is 7.89. The molecule has 8 nitrogen and oxygen atoms in total. The number of fused-ring (bicyclic) bond motifs is 2. The predicted molar refractivity (Wildman–Crippen MR) is 107 cm³/mol. The normalized spacial score (nSPS) is 21.7. The molecular weight excluding hydrogens is 406 g/mol. The van der Waals surface area contributed by atoms with E-state index in [1.54, 1.807) is 41.3 Å². The van der Waals surface area contributed by atoms with Gasteiger partial charge in [-0.2, -0.15) is 9.57 Å². The quantitative estimate of drug-likeness (QED) is 0.733. The number of morpholine rings is 2. The SMILES string of the molecule is COc1ccc(S(=O)(=O)N2C[C@H]3CN(C(=O)c4ccc(C#N)cc4)C[C@@H](C2)O3)cc1. The lowest BCUT2D eigenvalue weighted by atomic mass is 10.1. The van der Waals surface area contributed by atoms with Gasteiger partial charge in [0, 0.05) is 31.7 Å². The van der Waals surface area contributed by atoms with Crippen LogP contribution in [0.3, 0.4) is 0 Å². The minimum Gasteiger partial charge on any atom is -0.497 e. The fourth-order valence-corrected chi connectivity index (χ4v) is 5.29. The lowest BCUT2D eigenvalue weighted by Gasteiger charge is -2.45. The smallest absolute Gasteiger partial charge is 0.254 e. The second-order valence-electron chi connectivity index (χ2n) is 7.28. The monoisotopic (exact) mass is 427 g/mol. The highest BCUT2D eigenvalue weighted by atomic mass is 32.2. The van der Waals surface area contributed by atoms with Crippen molar-refractivity contribution >= 4 is 15.9 Å². The van der Waals surface area contributed by atoms with E-state index in [1.807, 2.05) is 6.07 Å². The molecule has 2 aliphatic rings. The maximum Gasteiger partial charge on any atom is 0.254 e. The van der Waals surface area contributed by atoms with Crippen LogP contribution >= 0.6 is 0 Å². The Bertz CT molecular complexity index is 1060. The van der Waals surface area contributed by atoms with Gasteiger partial charge in [0.15, 0.2) is 0 Å². The van der Waals surface area contributed by atoms with Crippen molar-refractivity contribution in [3.05, 3.63) is 59.7 Å². The van der Waals surface area contributed by atoms with E-state index in [-0.39, 0.29) is 23.9 Å². The van der Waals surface area contributed by atoms with Crippen LogP contribution in [0.1, 0.15) is 15.9 Å². The van der Waals surface area contributed by atoms with Crippen LogP contribution in [0.5, 0.6) is 5.75 Å². The molecule has 2 fully saturated rings. The summed E-state index contributed by atoms with van der Waals surface area (Å²) in [4.78, 5) is 14.7. The Morgan fingerprint density at radius 1 is 1.03 bits per heavy atom. The predicted octanol–water partition coefficient (Wildman–Crippen LogP) is 1.48. The first-order chi connectivity index (χ1) is 14.4. The molecule has 2 atom stereocenters. The number of sulfonamides is 1. The van der Waals surface area contributed by atoms with E-state index < -0.39 is 22.2 Å². The molecule has 2 heterocycles. The van der Waals surface area contributed by atoms with Gasteiger partial charge < -0.3 is 14.4 Å². The minimum absolute atomic E-state index is 0.149. The summed E-state index contributed by atoms with van der Waals surface area (Å²) < 4.78 is 38.5. The highest BCUT2D eigenvalue weighted by Crippen LogP contribution is 2.26. The van der Waals surface area contributed by atoms with Crippen molar-refractivity contribution in [3.8, 4) is 11.8 Å². The molecule has 1 amide bonds. The van der Waals surface area contributed by atoms with E-state index in [0.29, 0.717) is 30.0 Å². The fourth-order valence-electron chi connectivity index (χ4n) is 3.78. The molecule has 2 saturated heterocycles. The standard InChI is InChI=1S/C21H21N3O5S/c1-28-17-6-8-20(9-7-17)30(26,27)24-13-18-11-23(12-19(14-24)29-18)21(25)16-4-2-15(10-22)3-5-16/h2-9,18-19H,11-14H2,1H3/t18-,19+. The van der Waals surface area contributed by atoms with E-state index in [9.17, 15) is 13.2 Å². The van der Waals surface area contributed by atoms with Gasteiger partial charge in [0.2, 0.25) is 10.0 Å². The van der Waals surface area contributed by atoms with Crippen LogP contribution in [0.4, 0.5) is 0 Å². The molecule has 9 heteroatoms. The van der Waals surface area contributed by atoms with Crippen LogP contribution in [0.25, 0.3) is 0 Å². The highest BCUT2D eigenvalue weighted by Gasteiger charge is 2.41. The average molecular weight is 427 g/mol. The summed E-state index contributed by atoms with van der Waals surface area (Å²) in [6.45, 7) is 0.984. The Kier molecular flexibility index (Phi) is 5.47. The van der Waals surface area contributed by atoms with Gasteiger partial charge in [0.1, 0.15) is 5.75 Å². The van der Waals surface area contributed by atoms with Crippen LogP contribution in [0, 0.1) is 11.3 Å². The summed E-state index contributed by atoms with van der Waals surface area (Å²) >= 11 is 0. The summed E-state index contributed by atoms with van der Waals surface area (Å²) in [6, 6.07) is 14.8. The second kappa shape index (κ2) is 8.07. The van der Waals surface area contributed by atoms with Gasteiger partial charge in [0.25, 0.3) is 5.91 Å². The van der Waals surface area contributed by atoms with Crippen LogP contribution < -0.4 is 4.74 Å². The maximum atomic E-state index is 13.0. The molecule has 2 aliphatic heterocycles.